The van der Waals surface area contributed by atoms with Gasteiger partial charge in [0.25, 0.3) is 0 Å². The average Bonchev–Trinajstić information content (AvgIpc) is 3.38. The summed E-state index contributed by atoms with van der Waals surface area (Å²) >= 11 is 0. The van der Waals surface area contributed by atoms with Crippen molar-refractivity contribution in [2.75, 3.05) is 0 Å². The Labute approximate surface area is 172 Å². The lowest BCUT2D eigenvalue weighted by Gasteiger charge is -2.08. The molecule has 2 N–H and O–H groups in total. The molecule has 0 radical (unpaired) electrons. The number of aryl methyl sites for hydroxylation is 2. The van der Waals surface area contributed by atoms with Crippen LogP contribution in [0.15, 0.2) is 60.7 Å². The van der Waals surface area contributed by atoms with Gasteiger partial charge in [-0.25, -0.2) is 19.9 Å². The Bertz CT molecular complexity index is 1390. The van der Waals surface area contributed by atoms with Crippen LogP contribution in [0.1, 0.15) is 11.1 Å². The largest absolute Gasteiger partial charge is 0.337 e. The molecular formula is C24H18N6. The number of rotatable bonds is 2. The molecule has 0 unspecified atom stereocenters. The molecule has 0 fully saturated rings. The fourth-order valence-electron chi connectivity index (χ4n) is 3.77. The minimum atomic E-state index is 0.680. The molecule has 0 aliphatic heterocycles. The van der Waals surface area contributed by atoms with E-state index in [1.165, 1.54) is 11.1 Å². The van der Waals surface area contributed by atoms with Gasteiger partial charge in [0, 0.05) is 0 Å². The Hall–Kier alpha value is -4.06. The predicted molar refractivity (Wildman–Crippen MR) is 119 cm³/mol. The van der Waals surface area contributed by atoms with E-state index in [0.717, 1.165) is 33.1 Å². The van der Waals surface area contributed by atoms with Crippen molar-refractivity contribution < 1.29 is 0 Å². The first kappa shape index (κ1) is 16.9. The minimum absolute atomic E-state index is 0.680. The lowest BCUT2D eigenvalue weighted by Crippen LogP contribution is -1.99. The van der Waals surface area contributed by atoms with Crippen molar-refractivity contribution in [2.24, 2.45) is 0 Å². The molecule has 0 aliphatic carbocycles. The first-order chi connectivity index (χ1) is 14.7. The van der Waals surface area contributed by atoms with E-state index in [0.29, 0.717) is 23.0 Å². The summed E-state index contributed by atoms with van der Waals surface area (Å²) in [6, 6.07) is 20.1. The molecule has 3 heterocycles. The van der Waals surface area contributed by atoms with Crippen LogP contribution in [-0.4, -0.2) is 29.9 Å². The standard InChI is InChI=1S/C24H18N6/c1-13-11-19-20(12-14(13)2)26-22(24-29-17-9-5-6-10-18(17)30-24)21(25-19)23-27-15-7-3-4-8-16(15)28-23/h3-12H,1-2H3,(H,27,28)(H,29,30). The van der Waals surface area contributed by atoms with Crippen molar-refractivity contribution in [3.63, 3.8) is 0 Å². The van der Waals surface area contributed by atoms with Crippen molar-refractivity contribution >= 4 is 33.1 Å². The van der Waals surface area contributed by atoms with Crippen molar-refractivity contribution in [1.82, 2.24) is 29.9 Å². The van der Waals surface area contributed by atoms with Crippen molar-refractivity contribution in [3.05, 3.63) is 71.8 Å². The van der Waals surface area contributed by atoms with Crippen molar-refractivity contribution in [3.8, 4) is 23.0 Å². The first-order valence-electron chi connectivity index (χ1n) is 9.85. The van der Waals surface area contributed by atoms with Gasteiger partial charge in [0.15, 0.2) is 11.6 Å². The number of hydrogen-bond acceptors (Lipinski definition) is 4. The number of imidazole rings is 2. The lowest BCUT2D eigenvalue weighted by molar-refractivity contribution is 1.18. The van der Waals surface area contributed by atoms with Gasteiger partial charge < -0.3 is 9.97 Å². The summed E-state index contributed by atoms with van der Waals surface area (Å²) < 4.78 is 0. The highest BCUT2D eigenvalue weighted by Gasteiger charge is 2.19. The molecule has 0 atom stereocenters. The van der Waals surface area contributed by atoms with Crippen LogP contribution in [-0.2, 0) is 0 Å². The van der Waals surface area contributed by atoms with E-state index in [2.05, 4.69) is 35.9 Å². The fourth-order valence-corrected chi connectivity index (χ4v) is 3.77. The minimum Gasteiger partial charge on any atom is -0.337 e. The molecule has 6 nitrogen and oxygen atoms in total. The molecule has 0 aliphatic rings. The van der Waals surface area contributed by atoms with E-state index in [4.69, 9.17) is 19.9 Å². The lowest BCUT2D eigenvalue weighted by atomic mass is 10.1. The molecular weight excluding hydrogens is 372 g/mol. The van der Waals surface area contributed by atoms with Crippen LogP contribution in [0.2, 0.25) is 0 Å². The van der Waals surface area contributed by atoms with Gasteiger partial charge >= 0.3 is 0 Å². The Morgan fingerprint density at radius 1 is 0.533 bits per heavy atom. The maximum atomic E-state index is 4.97. The van der Waals surface area contributed by atoms with Crippen molar-refractivity contribution in [2.45, 2.75) is 13.8 Å². The molecule has 6 rings (SSSR count). The SMILES string of the molecule is Cc1cc2nc(-c3nc4ccccc4[nH]3)c(-c3nc4ccccc4[nH]3)nc2cc1C. The molecule has 0 amide bonds. The van der Waals surface area contributed by atoms with Crippen molar-refractivity contribution in [1.29, 1.82) is 0 Å². The zero-order valence-corrected chi connectivity index (χ0v) is 16.6. The fraction of sp³-hybridized carbons (Fsp3) is 0.0833. The normalized spacial score (nSPS) is 11.7. The zero-order chi connectivity index (χ0) is 20.2. The topological polar surface area (TPSA) is 83.1 Å². The van der Waals surface area contributed by atoms with Gasteiger partial charge in [0.2, 0.25) is 0 Å². The van der Waals surface area contributed by atoms with E-state index < -0.39 is 0 Å². The molecule has 144 valence electrons. The summed E-state index contributed by atoms with van der Waals surface area (Å²) in [5.74, 6) is 1.36. The van der Waals surface area contributed by atoms with Crippen LogP contribution >= 0.6 is 0 Å². The first-order valence-corrected chi connectivity index (χ1v) is 9.85. The maximum absolute atomic E-state index is 4.97. The number of H-pyrrole nitrogens is 2. The Morgan fingerprint density at radius 3 is 1.40 bits per heavy atom. The summed E-state index contributed by atoms with van der Waals surface area (Å²) in [4.78, 5) is 26.3. The number of hydrogen-bond donors (Lipinski definition) is 2. The van der Waals surface area contributed by atoms with Crippen LogP contribution in [0, 0.1) is 13.8 Å². The van der Waals surface area contributed by atoms with Gasteiger partial charge in [0.1, 0.15) is 11.4 Å². The summed E-state index contributed by atoms with van der Waals surface area (Å²) in [5.41, 5.74) is 9.13. The smallest absolute Gasteiger partial charge is 0.159 e. The van der Waals surface area contributed by atoms with Gasteiger partial charge in [0.05, 0.1) is 33.1 Å². The predicted octanol–water partition coefficient (Wildman–Crippen LogP) is 5.33. The second-order valence-corrected chi connectivity index (χ2v) is 7.55. The molecule has 3 aromatic heterocycles. The van der Waals surface area contributed by atoms with E-state index in [-0.39, 0.29) is 0 Å². The molecule has 6 aromatic rings. The molecule has 6 heteroatoms. The maximum Gasteiger partial charge on any atom is 0.159 e. The summed E-state index contributed by atoms with van der Waals surface area (Å²) in [7, 11) is 0. The summed E-state index contributed by atoms with van der Waals surface area (Å²) in [6.07, 6.45) is 0. The van der Waals surface area contributed by atoms with E-state index in [1.807, 2.05) is 48.5 Å². The molecule has 30 heavy (non-hydrogen) atoms. The summed E-state index contributed by atoms with van der Waals surface area (Å²) in [5, 5.41) is 0. The Kier molecular flexibility index (Phi) is 3.49. The van der Waals surface area contributed by atoms with Gasteiger partial charge in [-0.15, -0.1) is 0 Å². The molecule has 0 saturated carbocycles. The van der Waals surface area contributed by atoms with Crippen LogP contribution in [0.25, 0.3) is 56.1 Å². The molecule has 3 aromatic carbocycles. The van der Waals surface area contributed by atoms with Gasteiger partial charge in [-0.3, -0.25) is 0 Å². The number of aromatic nitrogens is 6. The van der Waals surface area contributed by atoms with Crippen LogP contribution < -0.4 is 0 Å². The number of nitrogens with one attached hydrogen (secondary N) is 2. The zero-order valence-electron chi connectivity index (χ0n) is 16.6. The summed E-state index contributed by atoms with van der Waals surface area (Å²) in [6.45, 7) is 4.18. The van der Waals surface area contributed by atoms with Gasteiger partial charge in [-0.05, 0) is 61.4 Å². The second kappa shape index (κ2) is 6.22. The van der Waals surface area contributed by atoms with Crippen LogP contribution in [0.3, 0.4) is 0 Å². The number of aromatic amines is 2. The Balaban J connectivity index is 1.68. The average molecular weight is 390 g/mol. The quantitative estimate of drug-likeness (QED) is 0.418. The number of nitrogens with zero attached hydrogens (tertiary/aromatic N) is 4. The second-order valence-electron chi connectivity index (χ2n) is 7.55. The molecule has 0 bridgehead atoms. The third kappa shape index (κ3) is 2.58. The van der Waals surface area contributed by atoms with Crippen LogP contribution in [0.5, 0.6) is 0 Å². The van der Waals surface area contributed by atoms with Gasteiger partial charge in [-0.2, -0.15) is 0 Å². The van der Waals surface area contributed by atoms with Gasteiger partial charge in [-0.1, -0.05) is 24.3 Å². The van der Waals surface area contributed by atoms with E-state index in [9.17, 15) is 0 Å². The third-order valence-corrected chi connectivity index (χ3v) is 5.51. The van der Waals surface area contributed by atoms with E-state index >= 15 is 0 Å². The monoisotopic (exact) mass is 390 g/mol. The molecule has 0 saturated heterocycles. The highest BCUT2D eigenvalue weighted by atomic mass is 15.0. The van der Waals surface area contributed by atoms with E-state index in [1.54, 1.807) is 0 Å². The molecule has 0 spiro atoms. The number of para-hydroxylation sites is 4. The number of fused-ring (bicyclic) bond motifs is 3. The highest BCUT2D eigenvalue weighted by molar-refractivity contribution is 5.88. The number of benzene rings is 3. The third-order valence-electron chi connectivity index (χ3n) is 5.51. The Morgan fingerprint density at radius 2 is 0.967 bits per heavy atom. The highest BCUT2D eigenvalue weighted by Crippen LogP contribution is 2.31. The van der Waals surface area contributed by atoms with Crippen LogP contribution in [0.4, 0.5) is 0 Å².